The van der Waals surface area contributed by atoms with Crippen molar-refractivity contribution in [2.24, 2.45) is 0 Å². The highest BCUT2D eigenvalue weighted by Gasteiger charge is 2.24. The van der Waals surface area contributed by atoms with E-state index < -0.39 is 12.1 Å². The molecule has 1 amide bonds. The molecule has 2 N–H and O–H groups in total. The average Bonchev–Trinajstić information content (AvgIpc) is 3.19. The molecule has 1 heterocycles. The van der Waals surface area contributed by atoms with Gasteiger partial charge in [0.05, 0.1) is 17.0 Å². The minimum Gasteiger partial charge on any atom is -0.459 e. The number of hydrogen-bond acceptors (Lipinski definition) is 4. The number of benzene rings is 2. The minimum absolute atomic E-state index is 0.0925. The van der Waals surface area contributed by atoms with E-state index in [1.165, 1.54) is 12.3 Å². The number of nitrogens with one attached hydrogen (secondary N) is 2. The number of ketones is 1. The van der Waals surface area contributed by atoms with E-state index in [1.54, 1.807) is 54.6 Å². The predicted molar refractivity (Wildman–Crippen MR) is 101 cm³/mol. The highest BCUT2D eigenvalue weighted by atomic mass is 35.5. The predicted octanol–water partition coefficient (Wildman–Crippen LogP) is 4.64. The number of carbonyl (C=O) groups excluding carboxylic acids is 2. The molecule has 5 nitrogen and oxygen atoms in total. The van der Waals surface area contributed by atoms with Gasteiger partial charge in [-0.15, -0.1) is 0 Å². The SMILES string of the molecule is O=C(N[C@@H](Nc1cc(Cl)ccc1Cl)C(=O)c1ccccc1)c1ccco1. The molecule has 1 aromatic heterocycles. The first-order valence-corrected chi connectivity index (χ1v) is 8.45. The Kier molecular flexibility index (Phi) is 5.61. The molecule has 3 aromatic rings. The molecule has 0 aliphatic rings. The third-order valence-corrected chi connectivity index (χ3v) is 4.13. The number of halogens is 2. The fraction of sp³-hybridized carbons (Fsp3) is 0.0526. The lowest BCUT2D eigenvalue weighted by Crippen LogP contribution is -2.46. The number of Topliss-reactive ketones (excluding diaryl/α,β-unsaturated/α-hetero) is 1. The van der Waals surface area contributed by atoms with Crippen LogP contribution in [-0.4, -0.2) is 17.9 Å². The van der Waals surface area contributed by atoms with Gasteiger partial charge in [-0.3, -0.25) is 9.59 Å². The molecule has 7 heteroatoms. The summed E-state index contributed by atoms with van der Waals surface area (Å²) >= 11 is 12.2. The summed E-state index contributed by atoms with van der Waals surface area (Å²) in [5, 5.41) is 6.37. The quantitative estimate of drug-likeness (QED) is 0.476. The van der Waals surface area contributed by atoms with Gasteiger partial charge in [0, 0.05) is 10.6 Å². The second-order valence-corrected chi connectivity index (χ2v) is 6.23. The van der Waals surface area contributed by atoms with E-state index in [1.807, 2.05) is 0 Å². The van der Waals surface area contributed by atoms with Gasteiger partial charge in [-0.05, 0) is 30.3 Å². The van der Waals surface area contributed by atoms with Crippen LogP contribution in [0.5, 0.6) is 0 Å². The molecule has 132 valence electrons. The Morgan fingerprint density at radius 2 is 1.73 bits per heavy atom. The van der Waals surface area contributed by atoms with E-state index >= 15 is 0 Å². The molecular formula is C19H14Cl2N2O3. The van der Waals surface area contributed by atoms with Crippen LogP contribution in [0.15, 0.2) is 71.3 Å². The van der Waals surface area contributed by atoms with Crippen LogP contribution in [0.3, 0.4) is 0 Å². The zero-order chi connectivity index (χ0) is 18.5. The van der Waals surface area contributed by atoms with Crippen molar-refractivity contribution in [1.29, 1.82) is 0 Å². The van der Waals surface area contributed by atoms with Crippen molar-refractivity contribution >= 4 is 40.6 Å². The highest BCUT2D eigenvalue weighted by molar-refractivity contribution is 6.35. The van der Waals surface area contributed by atoms with Gasteiger partial charge in [0.2, 0.25) is 5.78 Å². The second-order valence-electron chi connectivity index (χ2n) is 5.38. The van der Waals surface area contributed by atoms with Gasteiger partial charge in [-0.2, -0.15) is 0 Å². The molecule has 2 aromatic carbocycles. The molecular weight excluding hydrogens is 375 g/mol. The minimum atomic E-state index is -1.06. The molecule has 26 heavy (non-hydrogen) atoms. The van der Waals surface area contributed by atoms with Crippen molar-refractivity contribution in [2.75, 3.05) is 5.32 Å². The first kappa shape index (κ1) is 18.0. The lowest BCUT2D eigenvalue weighted by atomic mass is 10.1. The van der Waals surface area contributed by atoms with Crippen molar-refractivity contribution in [3.63, 3.8) is 0 Å². The van der Waals surface area contributed by atoms with Gasteiger partial charge in [0.25, 0.3) is 5.91 Å². The number of amides is 1. The van der Waals surface area contributed by atoms with E-state index in [-0.39, 0.29) is 11.5 Å². The zero-order valence-electron chi connectivity index (χ0n) is 13.4. The summed E-state index contributed by atoms with van der Waals surface area (Å²) in [6, 6.07) is 16.5. The van der Waals surface area contributed by atoms with E-state index in [0.717, 1.165) is 0 Å². The highest BCUT2D eigenvalue weighted by Crippen LogP contribution is 2.26. The fourth-order valence-electron chi connectivity index (χ4n) is 2.31. The zero-order valence-corrected chi connectivity index (χ0v) is 14.9. The standard InChI is InChI=1S/C19H14Cl2N2O3/c20-13-8-9-14(21)15(11-13)22-18(17(24)12-5-2-1-3-6-12)23-19(25)16-7-4-10-26-16/h1-11,18,22H,(H,23,25)/t18-/m1/s1. The normalized spacial score (nSPS) is 11.6. The molecule has 0 saturated heterocycles. The van der Waals surface area contributed by atoms with Crippen molar-refractivity contribution in [3.8, 4) is 0 Å². The third kappa shape index (κ3) is 4.25. The summed E-state index contributed by atoms with van der Waals surface area (Å²) in [6.45, 7) is 0. The first-order valence-electron chi connectivity index (χ1n) is 7.70. The fourth-order valence-corrected chi connectivity index (χ4v) is 2.65. The molecule has 0 unspecified atom stereocenters. The summed E-state index contributed by atoms with van der Waals surface area (Å²) in [5.41, 5.74) is 0.857. The maximum absolute atomic E-state index is 12.9. The van der Waals surface area contributed by atoms with Gasteiger partial charge in [0.1, 0.15) is 0 Å². The van der Waals surface area contributed by atoms with Crippen molar-refractivity contribution in [2.45, 2.75) is 6.17 Å². The summed E-state index contributed by atoms with van der Waals surface area (Å²) < 4.78 is 5.08. The topological polar surface area (TPSA) is 71.3 Å². The van der Waals surface area contributed by atoms with Crippen LogP contribution < -0.4 is 10.6 Å². The summed E-state index contributed by atoms with van der Waals surface area (Å²) in [6.07, 6.45) is 0.315. The van der Waals surface area contributed by atoms with Crippen LogP contribution >= 0.6 is 23.2 Å². The Bertz CT molecular complexity index is 912. The van der Waals surface area contributed by atoms with E-state index in [4.69, 9.17) is 27.6 Å². The molecule has 0 radical (unpaired) electrons. The maximum Gasteiger partial charge on any atom is 0.288 e. The number of anilines is 1. The van der Waals surface area contributed by atoms with Gasteiger partial charge < -0.3 is 15.1 Å². The molecule has 1 atom stereocenters. The maximum atomic E-state index is 12.9. The Morgan fingerprint density at radius 1 is 0.962 bits per heavy atom. The molecule has 0 bridgehead atoms. The van der Waals surface area contributed by atoms with Gasteiger partial charge in [0.15, 0.2) is 11.9 Å². The van der Waals surface area contributed by atoms with Crippen molar-refractivity contribution < 1.29 is 14.0 Å². The van der Waals surface area contributed by atoms with Gasteiger partial charge in [-0.1, -0.05) is 53.5 Å². The van der Waals surface area contributed by atoms with Crippen LogP contribution in [0.4, 0.5) is 5.69 Å². The number of carbonyl (C=O) groups is 2. The Labute approximate surface area is 159 Å². The van der Waals surface area contributed by atoms with Gasteiger partial charge >= 0.3 is 0 Å². The van der Waals surface area contributed by atoms with E-state index in [9.17, 15) is 9.59 Å². The lowest BCUT2D eigenvalue weighted by Gasteiger charge is -2.20. The van der Waals surface area contributed by atoms with E-state index in [2.05, 4.69) is 10.6 Å². The number of hydrogen-bond donors (Lipinski definition) is 2. The Morgan fingerprint density at radius 3 is 2.42 bits per heavy atom. The molecule has 0 aliphatic carbocycles. The molecule has 0 fully saturated rings. The molecule has 0 aliphatic heterocycles. The number of furan rings is 1. The summed E-state index contributed by atoms with van der Waals surface area (Å²) in [7, 11) is 0. The van der Waals surface area contributed by atoms with Crippen LogP contribution in [-0.2, 0) is 0 Å². The van der Waals surface area contributed by atoms with E-state index in [0.29, 0.717) is 21.3 Å². The van der Waals surface area contributed by atoms with Crippen molar-refractivity contribution in [3.05, 3.63) is 88.3 Å². The third-order valence-electron chi connectivity index (χ3n) is 3.57. The first-order chi connectivity index (χ1) is 12.5. The summed E-state index contributed by atoms with van der Waals surface area (Å²) in [4.78, 5) is 25.2. The molecule has 0 saturated carbocycles. The molecule has 3 rings (SSSR count). The van der Waals surface area contributed by atoms with Crippen LogP contribution in [0, 0.1) is 0 Å². The second kappa shape index (κ2) is 8.08. The lowest BCUT2D eigenvalue weighted by molar-refractivity contribution is 0.0853. The molecule has 0 spiro atoms. The summed E-state index contributed by atoms with van der Waals surface area (Å²) in [5.74, 6) is -0.772. The monoisotopic (exact) mass is 388 g/mol. The smallest absolute Gasteiger partial charge is 0.288 e. The largest absolute Gasteiger partial charge is 0.459 e. The van der Waals surface area contributed by atoms with Crippen molar-refractivity contribution in [1.82, 2.24) is 5.32 Å². The Hall–Kier alpha value is -2.76. The van der Waals surface area contributed by atoms with Crippen LogP contribution in [0.25, 0.3) is 0 Å². The van der Waals surface area contributed by atoms with Crippen LogP contribution in [0.2, 0.25) is 10.0 Å². The average molecular weight is 389 g/mol. The Balaban J connectivity index is 1.89. The number of rotatable bonds is 6. The van der Waals surface area contributed by atoms with Gasteiger partial charge in [-0.25, -0.2) is 0 Å². The van der Waals surface area contributed by atoms with Crippen LogP contribution in [0.1, 0.15) is 20.9 Å².